The molecule has 1 fully saturated rings. The van der Waals surface area contributed by atoms with Gasteiger partial charge in [0.2, 0.25) is 0 Å². The molecule has 2 atom stereocenters. The van der Waals surface area contributed by atoms with Gasteiger partial charge in [0.1, 0.15) is 24.9 Å². The lowest BCUT2D eigenvalue weighted by Crippen LogP contribution is -3.12. The number of carbonyl (C=O) groups is 1. The molecule has 5 nitrogen and oxygen atoms in total. The Morgan fingerprint density at radius 1 is 1.33 bits per heavy atom. The van der Waals surface area contributed by atoms with Crippen LogP contribution < -0.4 is 15.0 Å². The fraction of sp³-hybridized carbons (Fsp3) is 0.421. The molecule has 2 heterocycles. The Morgan fingerprint density at radius 2 is 2.15 bits per heavy atom. The van der Waals surface area contributed by atoms with E-state index >= 15 is 0 Å². The number of hydrogen-bond acceptors (Lipinski definition) is 4. The Morgan fingerprint density at radius 3 is 2.78 bits per heavy atom. The van der Waals surface area contributed by atoms with E-state index in [1.807, 2.05) is 11.4 Å². The first-order chi connectivity index (χ1) is 13.1. The molecule has 27 heavy (non-hydrogen) atoms. The predicted molar refractivity (Wildman–Crippen MR) is 99.4 cm³/mol. The van der Waals surface area contributed by atoms with Crippen LogP contribution >= 0.6 is 11.3 Å². The van der Waals surface area contributed by atoms with E-state index < -0.39 is 6.61 Å². The number of carbonyl (C=O) groups excluding carboxylic acids is 1. The average Bonchev–Trinajstić information content (AvgIpc) is 3.30. The Balaban J connectivity index is 1.55. The third-order valence-corrected chi connectivity index (χ3v) is 5.19. The summed E-state index contributed by atoms with van der Waals surface area (Å²) in [6.07, 6.45) is 2.29. The molecule has 1 aliphatic heterocycles. The Labute approximate surface area is 160 Å². The molecule has 1 unspecified atom stereocenters. The molecule has 0 radical (unpaired) electrons. The molecule has 0 spiro atoms. The molecular formula is C19H23F2N2O3S+. The summed E-state index contributed by atoms with van der Waals surface area (Å²) in [5, 5.41) is 4.85. The van der Waals surface area contributed by atoms with Gasteiger partial charge in [-0.05, 0) is 48.6 Å². The number of alkyl halides is 2. The number of quaternary nitrogens is 1. The highest BCUT2D eigenvalue weighted by molar-refractivity contribution is 7.09. The topological polar surface area (TPSA) is 52.0 Å². The van der Waals surface area contributed by atoms with Crippen LogP contribution in [0, 0.1) is 0 Å². The lowest BCUT2D eigenvalue weighted by Gasteiger charge is -2.21. The maximum Gasteiger partial charge on any atom is 0.387 e. The second kappa shape index (κ2) is 9.77. The summed E-state index contributed by atoms with van der Waals surface area (Å²) >= 11 is 1.68. The van der Waals surface area contributed by atoms with Crippen LogP contribution in [0.25, 0.3) is 0 Å². The second-order valence-electron chi connectivity index (χ2n) is 6.47. The van der Waals surface area contributed by atoms with Crippen molar-refractivity contribution >= 4 is 22.9 Å². The highest BCUT2D eigenvalue weighted by atomic mass is 32.1. The van der Waals surface area contributed by atoms with Crippen LogP contribution in [0.2, 0.25) is 0 Å². The van der Waals surface area contributed by atoms with Crippen LogP contribution in [0.1, 0.15) is 17.7 Å². The number of amides is 1. The zero-order valence-corrected chi connectivity index (χ0v) is 15.6. The van der Waals surface area contributed by atoms with Gasteiger partial charge < -0.3 is 19.7 Å². The van der Waals surface area contributed by atoms with Crippen molar-refractivity contribution in [1.82, 2.24) is 0 Å². The summed E-state index contributed by atoms with van der Waals surface area (Å²) in [6.45, 7) is -0.209. The minimum Gasteiger partial charge on any atom is -0.435 e. The van der Waals surface area contributed by atoms with Gasteiger partial charge in [0.15, 0.2) is 6.54 Å². The molecule has 1 amide bonds. The number of thiophene rings is 1. The number of anilines is 1. The molecular weight excluding hydrogens is 374 g/mol. The van der Waals surface area contributed by atoms with Crippen molar-refractivity contribution < 1.29 is 27.9 Å². The predicted octanol–water partition coefficient (Wildman–Crippen LogP) is 2.55. The smallest absolute Gasteiger partial charge is 0.387 e. The lowest BCUT2D eigenvalue weighted by molar-refractivity contribution is -0.908. The molecule has 1 aromatic carbocycles. The van der Waals surface area contributed by atoms with Crippen LogP contribution in [0.3, 0.4) is 0 Å². The van der Waals surface area contributed by atoms with Crippen molar-refractivity contribution in [1.29, 1.82) is 0 Å². The largest absolute Gasteiger partial charge is 0.435 e. The summed E-state index contributed by atoms with van der Waals surface area (Å²) < 4.78 is 34.4. The van der Waals surface area contributed by atoms with Crippen LogP contribution in [-0.4, -0.2) is 38.3 Å². The van der Waals surface area contributed by atoms with Gasteiger partial charge in [0.25, 0.3) is 5.91 Å². The Kier molecular flexibility index (Phi) is 7.14. The monoisotopic (exact) mass is 397 g/mol. The summed E-state index contributed by atoms with van der Waals surface area (Å²) in [6, 6.07) is 9.99. The molecule has 1 saturated heterocycles. The van der Waals surface area contributed by atoms with Crippen molar-refractivity contribution in [2.75, 3.05) is 25.0 Å². The quantitative estimate of drug-likeness (QED) is 0.684. The Hall–Kier alpha value is -2.03. The van der Waals surface area contributed by atoms with E-state index in [9.17, 15) is 13.6 Å². The van der Waals surface area contributed by atoms with Crippen molar-refractivity contribution in [3.63, 3.8) is 0 Å². The van der Waals surface area contributed by atoms with E-state index in [0.717, 1.165) is 37.4 Å². The highest BCUT2D eigenvalue weighted by Gasteiger charge is 2.24. The number of ether oxygens (including phenoxy) is 2. The number of rotatable bonds is 9. The van der Waals surface area contributed by atoms with Gasteiger partial charge in [-0.25, -0.2) is 0 Å². The standard InChI is InChI=1S/C19H22F2N2O3S/c20-19(21)26-15-7-5-14(6-8-15)22-18(24)13-23(11-16-3-1-9-25-16)12-17-4-2-10-27-17/h2,4-8,10,16,19H,1,3,9,11-13H2,(H,22,24)/p+1/t16-/m0/s1. The summed E-state index contributed by atoms with van der Waals surface area (Å²) in [4.78, 5) is 14.8. The maximum absolute atomic E-state index is 12.5. The average molecular weight is 397 g/mol. The number of benzene rings is 1. The van der Waals surface area contributed by atoms with E-state index in [4.69, 9.17) is 4.74 Å². The van der Waals surface area contributed by atoms with Gasteiger partial charge in [0.05, 0.1) is 4.88 Å². The molecule has 0 aliphatic carbocycles. The molecule has 1 aliphatic rings. The molecule has 1 aromatic heterocycles. The zero-order chi connectivity index (χ0) is 19.1. The number of halogens is 2. The summed E-state index contributed by atoms with van der Waals surface area (Å²) in [7, 11) is 0. The Bertz CT molecular complexity index is 704. The van der Waals surface area contributed by atoms with Crippen LogP contribution in [-0.2, 0) is 16.1 Å². The third kappa shape index (κ3) is 6.57. The van der Waals surface area contributed by atoms with Crippen LogP contribution in [0.15, 0.2) is 41.8 Å². The zero-order valence-electron chi connectivity index (χ0n) is 14.8. The second-order valence-corrected chi connectivity index (χ2v) is 7.51. The fourth-order valence-electron chi connectivity index (χ4n) is 3.15. The van der Waals surface area contributed by atoms with Crippen molar-refractivity contribution in [3.8, 4) is 5.75 Å². The van der Waals surface area contributed by atoms with Gasteiger partial charge >= 0.3 is 6.61 Å². The van der Waals surface area contributed by atoms with Crippen LogP contribution in [0.5, 0.6) is 5.75 Å². The van der Waals surface area contributed by atoms with Gasteiger partial charge in [-0.3, -0.25) is 4.79 Å². The van der Waals surface area contributed by atoms with Crippen molar-refractivity contribution in [2.45, 2.75) is 32.1 Å². The molecule has 2 aromatic rings. The van der Waals surface area contributed by atoms with E-state index in [2.05, 4.69) is 16.1 Å². The summed E-state index contributed by atoms with van der Waals surface area (Å²) in [5.41, 5.74) is 0.550. The van der Waals surface area contributed by atoms with E-state index in [0.29, 0.717) is 12.2 Å². The minimum absolute atomic E-state index is 0.0614. The first kappa shape index (κ1) is 19.7. The molecule has 2 N–H and O–H groups in total. The van der Waals surface area contributed by atoms with Crippen molar-refractivity contribution in [2.24, 2.45) is 0 Å². The molecule has 146 valence electrons. The van der Waals surface area contributed by atoms with Gasteiger partial charge in [0, 0.05) is 12.3 Å². The first-order valence-corrected chi connectivity index (χ1v) is 9.79. The maximum atomic E-state index is 12.5. The third-order valence-electron chi connectivity index (χ3n) is 4.32. The summed E-state index contributed by atoms with van der Waals surface area (Å²) in [5.74, 6) is -0.0617. The normalized spacial score (nSPS) is 17.8. The van der Waals surface area contributed by atoms with Gasteiger partial charge in [-0.2, -0.15) is 8.78 Å². The van der Waals surface area contributed by atoms with Gasteiger partial charge in [-0.1, -0.05) is 6.07 Å². The first-order valence-electron chi connectivity index (χ1n) is 8.91. The number of hydrogen-bond donors (Lipinski definition) is 2. The minimum atomic E-state index is -2.86. The van der Waals surface area contributed by atoms with Crippen molar-refractivity contribution in [3.05, 3.63) is 46.7 Å². The number of nitrogens with one attached hydrogen (secondary N) is 2. The van der Waals surface area contributed by atoms with Crippen LogP contribution in [0.4, 0.5) is 14.5 Å². The fourth-order valence-corrected chi connectivity index (χ4v) is 3.92. The molecule has 0 saturated carbocycles. The molecule has 3 rings (SSSR count). The van der Waals surface area contributed by atoms with E-state index in [1.54, 1.807) is 23.5 Å². The highest BCUT2D eigenvalue weighted by Crippen LogP contribution is 2.17. The SMILES string of the molecule is O=C(C[NH+](Cc1cccs1)C[C@@H]1CCCO1)Nc1ccc(OC(F)F)cc1. The molecule has 0 bridgehead atoms. The van der Waals surface area contributed by atoms with Gasteiger partial charge in [-0.15, -0.1) is 11.3 Å². The van der Waals surface area contributed by atoms with E-state index in [-0.39, 0.29) is 17.8 Å². The van der Waals surface area contributed by atoms with E-state index in [1.165, 1.54) is 17.0 Å². The molecule has 8 heteroatoms. The lowest BCUT2D eigenvalue weighted by atomic mass is 10.2.